The molecule has 0 aliphatic heterocycles. The van der Waals surface area contributed by atoms with Crippen LogP contribution in [0.3, 0.4) is 0 Å². The molecule has 1 amide bonds. The van der Waals surface area contributed by atoms with E-state index in [4.69, 9.17) is 10.9 Å². The van der Waals surface area contributed by atoms with Gasteiger partial charge in [-0.15, -0.1) is 0 Å². The maximum Gasteiger partial charge on any atom is 0.422 e. The summed E-state index contributed by atoms with van der Waals surface area (Å²) in [6, 6.07) is 3.36. The van der Waals surface area contributed by atoms with Crippen molar-refractivity contribution in [2.45, 2.75) is 6.92 Å². The van der Waals surface area contributed by atoms with Crippen molar-refractivity contribution >= 4 is 27.8 Å². The van der Waals surface area contributed by atoms with Gasteiger partial charge in [0.15, 0.2) is 5.84 Å². The Balaban J connectivity index is 3.08. The molecule has 21 heavy (non-hydrogen) atoms. The molecule has 116 valence electrons. The molecule has 0 saturated heterocycles. The van der Waals surface area contributed by atoms with E-state index in [0.717, 1.165) is 6.07 Å². The molecule has 0 bridgehead atoms. The fourth-order valence-corrected chi connectivity index (χ4v) is 2.15. The van der Waals surface area contributed by atoms with E-state index >= 15 is 0 Å². The number of nitrogens with two attached hydrogens (primary N) is 1. The van der Waals surface area contributed by atoms with Crippen LogP contribution in [0.5, 0.6) is 0 Å². The number of rotatable bonds is 5. The van der Waals surface area contributed by atoms with Crippen LogP contribution in [-0.2, 0) is 14.9 Å². The Kier molecular flexibility index (Phi) is 5.30. The highest BCUT2D eigenvalue weighted by molar-refractivity contribution is 7.91. The monoisotopic (exact) mass is 320 g/mol. The average Bonchev–Trinajstić information content (AvgIpc) is 2.37. The van der Waals surface area contributed by atoms with Crippen LogP contribution in [-0.4, -0.2) is 32.2 Å². The van der Waals surface area contributed by atoms with E-state index in [1.165, 1.54) is 19.1 Å². The molecule has 0 unspecified atom stereocenters. The predicted molar refractivity (Wildman–Crippen MR) is 71.6 cm³/mol. The minimum atomic E-state index is -4.37. The quantitative estimate of drug-likeness (QED) is 0.266. The first kappa shape index (κ1) is 16.5. The lowest BCUT2D eigenvalue weighted by Crippen LogP contribution is -2.36. The van der Waals surface area contributed by atoms with Crippen molar-refractivity contribution in [3.05, 3.63) is 29.6 Å². The summed E-state index contributed by atoms with van der Waals surface area (Å²) >= 11 is 0. The number of amidine groups is 1. The summed E-state index contributed by atoms with van der Waals surface area (Å²) in [5.74, 6) is -1.55. The summed E-state index contributed by atoms with van der Waals surface area (Å²) in [5, 5.41) is 11.2. The first-order valence-electron chi connectivity index (χ1n) is 5.54. The van der Waals surface area contributed by atoms with Gasteiger partial charge in [0.25, 0.3) is 0 Å². The number of carbonyl (C=O) groups excluding carboxylic acids is 1. The van der Waals surface area contributed by atoms with Crippen LogP contribution in [0.25, 0.3) is 0 Å². The number of anilines is 1. The van der Waals surface area contributed by atoms with Gasteiger partial charge < -0.3 is 15.7 Å². The van der Waals surface area contributed by atoms with Crippen LogP contribution < -0.4 is 15.2 Å². The van der Waals surface area contributed by atoms with Crippen molar-refractivity contribution < 1.29 is 27.5 Å². The molecule has 0 aromatic heterocycles. The molecule has 0 heterocycles. The largest absolute Gasteiger partial charge is 0.449 e. The molecule has 1 aromatic rings. The van der Waals surface area contributed by atoms with E-state index < -0.39 is 33.5 Å². The zero-order valence-electron chi connectivity index (χ0n) is 10.8. The first-order chi connectivity index (χ1) is 9.80. The van der Waals surface area contributed by atoms with Crippen molar-refractivity contribution in [3.8, 4) is 0 Å². The fraction of sp³-hybridized carbons (Fsp3) is 0.200. The van der Waals surface area contributed by atoms with Crippen molar-refractivity contribution in [1.29, 1.82) is 0 Å². The third-order valence-electron chi connectivity index (χ3n) is 2.11. The van der Waals surface area contributed by atoms with Gasteiger partial charge in [-0.25, -0.2) is 13.9 Å². The zero-order chi connectivity index (χ0) is 16.0. The Morgan fingerprint density at radius 2 is 2.19 bits per heavy atom. The molecule has 0 atom stereocenters. The van der Waals surface area contributed by atoms with Gasteiger partial charge in [-0.2, -0.15) is 8.42 Å². The molecule has 5 N–H and O–H groups in total. The third-order valence-corrected chi connectivity index (χ3v) is 3.04. The van der Waals surface area contributed by atoms with Crippen LogP contribution in [0.2, 0.25) is 0 Å². The van der Waals surface area contributed by atoms with Gasteiger partial charge >= 0.3 is 16.3 Å². The third kappa shape index (κ3) is 4.49. The Hall–Kier alpha value is -2.56. The number of hydrogen-bond donors (Lipinski definition) is 4. The van der Waals surface area contributed by atoms with Crippen molar-refractivity contribution in [2.24, 2.45) is 10.9 Å². The summed E-state index contributed by atoms with van der Waals surface area (Å²) in [4.78, 5) is 11.1. The lowest BCUT2D eigenvalue weighted by Gasteiger charge is -2.12. The highest BCUT2D eigenvalue weighted by Gasteiger charge is 2.20. The minimum Gasteiger partial charge on any atom is -0.449 e. The van der Waals surface area contributed by atoms with Gasteiger partial charge in [0.05, 0.1) is 17.9 Å². The molecular weight excluding hydrogens is 307 g/mol. The van der Waals surface area contributed by atoms with Crippen molar-refractivity contribution in [3.63, 3.8) is 0 Å². The molecule has 9 nitrogen and oxygen atoms in total. The average molecular weight is 320 g/mol. The van der Waals surface area contributed by atoms with Gasteiger partial charge in [-0.05, 0) is 19.1 Å². The number of nitrogens with one attached hydrogen (secondary N) is 2. The van der Waals surface area contributed by atoms with E-state index in [-0.39, 0.29) is 12.3 Å². The van der Waals surface area contributed by atoms with Crippen molar-refractivity contribution in [2.75, 3.05) is 11.3 Å². The second-order valence-corrected chi connectivity index (χ2v) is 4.99. The Labute approximate surface area is 119 Å². The number of oxime groups is 1. The van der Waals surface area contributed by atoms with Crippen LogP contribution in [0.1, 0.15) is 12.5 Å². The fourth-order valence-electron chi connectivity index (χ4n) is 1.36. The number of carbonyl (C=O) groups is 1. The molecule has 0 radical (unpaired) electrons. The normalized spacial score (nSPS) is 11.8. The predicted octanol–water partition coefficient (Wildman–Crippen LogP) is 0.323. The number of amides is 1. The van der Waals surface area contributed by atoms with Crippen LogP contribution in [0.15, 0.2) is 23.4 Å². The highest BCUT2D eigenvalue weighted by Crippen LogP contribution is 2.19. The molecule has 1 aromatic carbocycles. The molecular formula is C10H13FN4O5S. The smallest absolute Gasteiger partial charge is 0.422 e. The lowest BCUT2D eigenvalue weighted by atomic mass is 10.1. The maximum atomic E-state index is 13.6. The van der Waals surface area contributed by atoms with Crippen LogP contribution in [0.4, 0.5) is 14.9 Å². The summed E-state index contributed by atoms with van der Waals surface area (Å²) in [7, 11) is -4.37. The van der Waals surface area contributed by atoms with Gasteiger partial charge in [0, 0.05) is 0 Å². The van der Waals surface area contributed by atoms with Crippen molar-refractivity contribution in [1.82, 2.24) is 4.72 Å². The van der Waals surface area contributed by atoms with Gasteiger partial charge in [0.2, 0.25) is 0 Å². The Morgan fingerprint density at radius 1 is 1.52 bits per heavy atom. The molecule has 0 saturated carbocycles. The molecule has 11 heteroatoms. The second kappa shape index (κ2) is 6.74. The number of halogens is 1. The van der Waals surface area contributed by atoms with E-state index in [1.54, 1.807) is 4.72 Å². The molecule has 0 aliphatic carbocycles. The van der Waals surface area contributed by atoms with Crippen LogP contribution >= 0.6 is 0 Å². The SMILES string of the molecule is CCOC(=O)NS(=O)(=O)Nc1cccc(F)c1/C(N)=N/O. The summed E-state index contributed by atoms with van der Waals surface area (Å²) < 4.78 is 44.8. The van der Waals surface area contributed by atoms with E-state index in [1.807, 2.05) is 4.72 Å². The van der Waals surface area contributed by atoms with Gasteiger partial charge in [-0.3, -0.25) is 4.72 Å². The van der Waals surface area contributed by atoms with Crippen LogP contribution in [0, 0.1) is 5.82 Å². The number of nitrogens with zero attached hydrogens (tertiary/aromatic N) is 1. The van der Waals surface area contributed by atoms with E-state index in [9.17, 15) is 17.6 Å². The minimum absolute atomic E-state index is 0.0311. The number of benzene rings is 1. The topological polar surface area (TPSA) is 143 Å². The molecule has 0 aliphatic rings. The number of ether oxygens (including phenoxy) is 1. The highest BCUT2D eigenvalue weighted by atomic mass is 32.2. The molecule has 0 spiro atoms. The summed E-state index contributed by atoms with van der Waals surface area (Å²) in [5.41, 5.74) is 4.50. The molecule has 0 fully saturated rings. The Bertz CT molecular complexity index is 661. The first-order valence-corrected chi connectivity index (χ1v) is 7.02. The van der Waals surface area contributed by atoms with Gasteiger partial charge in [-0.1, -0.05) is 11.2 Å². The maximum absolute atomic E-state index is 13.6. The summed E-state index contributed by atoms with van der Waals surface area (Å²) in [6.45, 7) is 1.46. The summed E-state index contributed by atoms with van der Waals surface area (Å²) in [6.07, 6.45) is -1.20. The lowest BCUT2D eigenvalue weighted by molar-refractivity contribution is 0.159. The zero-order valence-corrected chi connectivity index (χ0v) is 11.6. The van der Waals surface area contributed by atoms with E-state index in [0.29, 0.717) is 0 Å². The Morgan fingerprint density at radius 3 is 2.76 bits per heavy atom. The number of hydrogen-bond acceptors (Lipinski definition) is 6. The standard InChI is InChI=1S/C10H13FN4O5S/c1-2-20-10(16)15-21(18,19)14-7-5-3-4-6(11)8(7)9(12)13-17/h3-5,14,17H,2H2,1H3,(H2,12,13)(H,15,16). The van der Waals surface area contributed by atoms with Gasteiger partial charge in [0.1, 0.15) is 5.82 Å². The molecule has 1 rings (SSSR count). The second-order valence-electron chi connectivity index (χ2n) is 3.58. The van der Waals surface area contributed by atoms with E-state index in [2.05, 4.69) is 9.89 Å².